The van der Waals surface area contributed by atoms with E-state index in [1.54, 1.807) is 0 Å². The van der Waals surface area contributed by atoms with E-state index in [0.717, 1.165) is 58.1 Å². The van der Waals surface area contributed by atoms with E-state index in [0.29, 0.717) is 6.92 Å². The summed E-state index contributed by atoms with van der Waals surface area (Å²) in [5, 5.41) is 0. The Hall–Kier alpha value is 0.855. The molecule has 0 amide bonds. The first-order valence-corrected chi connectivity index (χ1v) is 17.7. The van der Waals surface area contributed by atoms with Gasteiger partial charge in [-0.25, -0.2) is 0 Å². The van der Waals surface area contributed by atoms with E-state index in [-0.39, 0.29) is 0 Å². The first-order chi connectivity index (χ1) is 16.8. The third-order valence-corrected chi connectivity index (χ3v) is 15.1. The Kier molecular flexibility index (Phi) is 8.98. The molecule has 0 spiro atoms. The second-order valence-electron chi connectivity index (χ2n) is 13.3. The van der Waals surface area contributed by atoms with Gasteiger partial charge in [0, 0.05) is 11.2 Å². The molecule has 0 aromatic carbocycles. The smallest absolute Gasteiger partial charge is 0.299 e. The van der Waals surface area contributed by atoms with Crippen LogP contribution in [0, 0.1) is 0 Å². The van der Waals surface area contributed by atoms with Crippen LogP contribution in [-0.2, 0) is 4.65 Å². The predicted octanol–water partition coefficient (Wildman–Crippen LogP) is 9.87. The topological polar surface area (TPSA) is 9.23 Å². The molecule has 6 saturated heterocycles. The summed E-state index contributed by atoms with van der Waals surface area (Å²) >= 11 is 5.00. The molecule has 0 unspecified atom stereocenters. The molecule has 6 aliphatic heterocycles. The van der Waals surface area contributed by atoms with Crippen LogP contribution in [0.25, 0.3) is 0 Å². The van der Waals surface area contributed by atoms with Gasteiger partial charge in [-0.15, -0.1) is 0 Å². The third-order valence-electron chi connectivity index (χ3n) is 11.2. The minimum atomic E-state index is 0.622. The van der Waals surface area contributed by atoms with Gasteiger partial charge in [0.05, 0.1) is 0 Å². The highest BCUT2D eigenvalue weighted by atomic mass is 32.2. The second kappa shape index (κ2) is 12.1. The zero-order valence-electron chi connectivity index (χ0n) is 21.8. The first-order valence-electron chi connectivity index (χ1n) is 15.8. The van der Waals surface area contributed by atoms with Crippen molar-refractivity contribution >= 4 is 42.1 Å². The van der Waals surface area contributed by atoms with Crippen molar-refractivity contribution in [2.24, 2.45) is 0 Å². The van der Waals surface area contributed by atoms with Crippen molar-refractivity contribution in [3.63, 3.8) is 0 Å². The molecule has 0 aromatic heterocycles. The van der Waals surface area contributed by atoms with Crippen LogP contribution in [0.15, 0.2) is 0 Å². The Balaban J connectivity index is 1.07. The van der Waals surface area contributed by atoms with E-state index in [1.807, 2.05) is 0 Å². The average Bonchev–Trinajstić information content (AvgIpc) is 2.81. The van der Waals surface area contributed by atoms with E-state index in [1.165, 1.54) is 128 Å². The van der Waals surface area contributed by atoms with E-state index in [4.69, 9.17) is 4.65 Å². The van der Waals surface area contributed by atoms with Crippen molar-refractivity contribution < 1.29 is 4.65 Å². The fraction of sp³-hybridized carbons (Fsp3) is 1.00. The fourth-order valence-corrected chi connectivity index (χ4v) is 13.9. The van der Waals surface area contributed by atoms with Crippen molar-refractivity contribution in [3.8, 4) is 0 Å². The summed E-state index contributed by atoms with van der Waals surface area (Å²) in [7, 11) is 0. The summed E-state index contributed by atoms with van der Waals surface area (Å²) in [4.78, 5) is 0. The Bertz CT molecular complexity index is 553. The van der Waals surface area contributed by atoms with Gasteiger partial charge < -0.3 is 4.65 Å². The number of hydrogen-bond donors (Lipinski definition) is 0. The monoisotopic (exact) mass is 498 g/mol. The molecular formula is C28H49B3OS2. The largest absolute Gasteiger partial charge is 0.435 e. The molecular weight excluding hydrogens is 449 g/mol. The summed E-state index contributed by atoms with van der Waals surface area (Å²) in [5.41, 5.74) is 0. The third kappa shape index (κ3) is 5.79. The highest BCUT2D eigenvalue weighted by Gasteiger charge is 2.45. The molecule has 6 rings (SSSR count). The molecule has 6 heterocycles. The van der Waals surface area contributed by atoms with Crippen molar-refractivity contribution in [1.29, 1.82) is 0 Å². The second-order valence-corrected chi connectivity index (χ2v) is 16.3. The molecule has 0 atom stereocenters. The van der Waals surface area contributed by atoms with Gasteiger partial charge in [0.2, 0.25) is 12.0 Å². The molecule has 0 aliphatic carbocycles. The van der Waals surface area contributed by atoms with Gasteiger partial charge in [-0.3, -0.25) is 0 Å². The van der Waals surface area contributed by atoms with Gasteiger partial charge in [-0.2, -0.15) is 23.2 Å². The quantitative estimate of drug-likeness (QED) is 0.178. The lowest BCUT2D eigenvalue weighted by molar-refractivity contribution is 0.263. The van der Waals surface area contributed by atoms with Gasteiger partial charge in [0.1, 0.15) is 0 Å². The lowest BCUT2D eigenvalue weighted by Crippen LogP contribution is -2.38. The van der Waals surface area contributed by atoms with Crippen molar-refractivity contribution in [2.75, 3.05) is 6.61 Å². The summed E-state index contributed by atoms with van der Waals surface area (Å²) in [6, 6.07) is 0. The molecule has 6 fully saturated rings. The van der Waals surface area contributed by atoms with Crippen molar-refractivity contribution in [1.82, 2.24) is 0 Å². The summed E-state index contributed by atoms with van der Waals surface area (Å²) in [5.74, 6) is 7.96. The number of rotatable bonds is 9. The highest BCUT2D eigenvalue weighted by Crippen LogP contribution is 2.56. The van der Waals surface area contributed by atoms with E-state index >= 15 is 0 Å². The van der Waals surface area contributed by atoms with Gasteiger partial charge in [-0.1, -0.05) is 139 Å². The molecule has 1 nitrogen and oxygen atoms in total. The predicted molar refractivity (Wildman–Crippen MR) is 157 cm³/mol. The van der Waals surface area contributed by atoms with Crippen LogP contribution < -0.4 is 0 Å². The SMILES string of the molecule is C(COB1C2CCCC1CCC2)CC(SB1C2CCCC1CCC2)SB1C2CCCC1CCC2. The standard InChI is InChI=1S/C28H49B3OS2/c1-8-22-10-2-11-23(9-1)29(22)32-21-7-20-28(33-30-24-12-3-13-25(30)15-4-14-24)34-31-26-16-5-17-27(31)19-6-18-26/h22-28H,1-21H2. The van der Waals surface area contributed by atoms with E-state index < -0.39 is 0 Å². The minimum absolute atomic E-state index is 0.622. The van der Waals surface area contributed by atoms with Gasteiger partial charge >= 0.3 is 0 Å². The van der Waals surface area contributed by atoms with Crippen LogP contribution in [0.5, 0.6) is 0 Å². The Morgan fingerprint density at radius 1 is 0.529 bits per heavy atom. The van der Waals surface area contributed by atoms with E-state index in [2.05, 4.69) is 23.2 Å². The summed E-state index contributed by atoms with van der Waals surface area (Å²) in [6.07, 6.45) is 29.8. The van der Waals surface area contributed by atoms with Crippen LogP contribution in [0.4, 0.5) is 0 Å². The van der Waals surface area contributed by atoms with Crippen LogP contribution in [0.1, 0.15) is 128 Å². The molecule has 6 aliphatic rings. The zero-order chi connectivity index (χ0) is 22.7. The molecule has 34 heavy (non-hydrogen) atoms. The Morgan fingerprint density at radius 2 is 0.882 bits per heavy atom. The van der Waals surface area contributed by atoms with E-state index in [9.17, 15) is 0 Å². The Labute approximate surface area is 220 Å². The van der Waals surface area contributed by atoms with Crippen molar-refractivity contribution in [3.05, 3.63) is 0 Å². The maximum atomic E-state index is 6.71. The van der Waals surface area contributed by atoms with Gasteiger partial charge in [0.15, 0.2) is 0 Å². The molecule has 0 saturated carbocycles. The average molecular weight is 498 g/mol. The van der Waals surface area contributed by atoms with Gasteiger partial charge in [-0.05, 0) is 24.5 Å². The minimum Gasteiger partial charge on any atom is -0.435 e. The molecule has 0 aromatic rings. The lowest BCUT2D eigenvalue weighted by atomic mass is 9.38. The maximum absolute atomic E-state index is 6.71. The maximum Gasteiger partial charge on any atom is 0.299 e. The molecule has 6 heteroatoms. The first kappa shape index (κ1) is 25.2. The normalized spacial score (nSPS) is 38.6. The molecule has 188 valence electrons. The van der Waals surface area contributed by atoms with Crippen molar-refractivity contribution in [2.45, 2.75) is 168 Å². The highest BCUT2D eigenvalue weighted by molar-refractivity contribution is 8.40. The number of hydrogen-bond acceptors (Lipinski definition) is 3. The molecule has 0 N–H and O–H groups in total. The van der Waals surface area contributed by atoms with Crippen LogP contribution in [0.3, 0.4) is 0 Å². The van der Waals surface area contributed by atoms with Crippen LogP contribution >= 0.6 is 23.2 Å². The molecule has 0 radical (unpaired) electrons. The van der Waals surface area contributed by atoms with Gasteiger partial charge in [0.25, 0.3) is 6.92 Å². The lowest BCUT2D eigenvalue weighted by Gasteiger charge is -2.44. The fourth-order valence-electron chi connectivity index (χ4n) is 9.55. The number of fused-ring (bicyclic) bond motifs is 6. The molecule has 6 bridgehead atoms. The summed E-state index contributed by atoms with van der Waals surface area (Å²) in [6.45, 7) is 1.67. The Morgan fingerprint density at radius 3 is 1.26 bits per heavy atom. The van der Waals surface area contributed by atoms with Crippen LogP contribution in [-0.4, -0.2) is 30.1 Å². The zero-order valence-corrected chi connectivity index (χ0v) is 23.5. The summed E-state index contributed by atoms with van der Waals surface area (Å²) < 4.78 is 7.55. The van der Waals surface area contributed by atoms with Crippen LogP contribution in [0.2, 0.25) is 34.9 Å².